The summed E-state index contributed by atoms with van der Waals surface area (Å²) in [6.07, 6.45) is 3.04. The van der Waals surface area contributed by atoms with Crippen molar-refractivity contribution in [3.8, 4) is 6.07 Å². The minimum atomic E-state index is -3.63. The van der Waals surface area contributed by atoms with Crippen LogP contribution < -0.4 is 0 Å². The zero-order valence-electron chi connectivity index (χ0n) is 12.1. The molecule has 0 spiro atoms. The third-order valence-corrected chi connectivity index (χ3v) is 6.03. The normalized spacial score (nSPS) is 20.1. The fourth-order valence-electron chi connectivity index (χ4n) is 2.80. The second-order valence-electron chi connectivity index (χ2n) is 5.37. The van der Waals surface area contributed by atoms with Crippen LogP contribution in [0.2, 0.25) is 0 Å². The van der Waals surface area contributed by atoms with Gasteiger partial charge in [-0.05, 0) is 43.9 Å². The number of sulfonamides is 1. The van der Waals surface area contributed by atoms with E-state index in [1.807, 2.05) is 6.07 Å². The Morgan fingerprint density at radius 2 is 2.19 bits per heavy atom. The lowest BCUT2D eigenvalue weighted by atomic mass is 10.0. The van der Waals surface area contributed by atoms with Gasteiger partial charge in [-0.2, -0.15) is 9.57 Å². The predicted octanol–water partition coefficient (Wildman–Crippen LogP) is 1.79. The van der Waals surface area contributed by atoms with Crippen LogP contribution in [0.3, 0.4) is 0 Å². The number of benzene rings is 1. The third-order valence-electron chi connectivity index (χ3n) is 3.94. The van der Waals surface area contributed by atoms with Gasteiger partial charge >= 0.3 is 0 Å². The summed E-state index contributed by atoms with van der Waals surface area (Å²) < 4.78 is 27.3. The topological polar surface area (TPSA) is 81.4 Å². The third kappa shape index (κ3) is 3.26. The van der Waals surface area contributed by atoms with Crippen LogP contribution in [0.15, 0.2) is 23.1 Å². The second-order valence-corrected chi connectivity index (χ2v) is 7.23. The number of aliphatic hydroxyl groups is 1. The Kier molecular flexibility index (Phi) is 4.99. The summed E-state index contributed by atoms with van der Waals surface area (Å²) in [4.78, 5) is 0.200. The average molecular weight is 308 g/mol. The van der Waals surface area contributed by atoms with Crippen molar-refractivity contribution in [2.45, 2.75) is 43.5 Å². The Balaban J connectivity index is 2.43. The number of nitriles is 1. The Morgan fingerprint density at radius 3 is 2.86 bits per heavy atom. The predicted molar refractivity (Wildman–Crippen MR) is 79.1 cm³/mol. The van der Waals surface area contributed by atoms with Crippen LogP contribution in [-0.2, 0) is 10.0 Å². The zero-order chi connectivity index (χ0) is 15.5. The first-order valence-electron chi connectivity index (χ1n) is 7.14. The van der Waals surface area contributed by atoms with Crippen molar-refractivity contribution in [3.05, 3.63) is 29.3 Å². The molecule has 0 aliphatic carbocycles. The van der Waals surface area contributed by atoms with Gasteiger partial charge in [0.2, 0.25) is 10.0 Å². The molecule has 5 nitrogen and oxygen atoms in total. The molecule has 0 radical (unpaired) electrons. The minimum absolute atomic E-state index is 0.0199. The van der Waals surface area contributed by atoms with Gasteiger partial charge < -0.3 is 5.11 Å². The van der Waals surface area contributed by atoms with E-state index in [-0.39, 0.29) is 17.5 Å². The molecule has 0 bridgehead atoms. The summed E-state index contributed by atoms with van der Waals surface area (Å²) in [7, 11) is -3.63. The van der Waals surface area contributed by atoms with E-state index in [1.54, 1.807) is 19.1 Å². The Hall–Kier alpha value is -1.42. The van der Waals surface area contributed by atoms with E-state index >= 15 is 0 Å². The number of nitrogens with zero attached hydrogens (tertiary/aromatic N) is 2. The van der Waals surface area contributed by atoms with Crippen LogP contribution in [0.1, 0.15) is 36.8 Å². The Bertz CT molecular complexity index is 647. The molecule has 1 heterocycles. The summed E-state index contributed by atoms with van der Waals surface area (Å²) in [5, 5.41) is 18.1. The maximum absolute atomic E-state index is 12.9. The van der Waals surface area contributed by atoms with Gasteiger partial charge in [0, 0.05) is 19.2 Å². The number of aryl methyl sites for hydroxylation is 1. The molecule has 0 aromatic heterocycles. The van der Waals surface area contributed by atoms with Gasteiger partial charge in [-0.3, -0.25) is 0 Å². The van der Waals surface area contributed by atoms with Gasteiger partial charge in [0.1, 0.15) is 0 Å². The van der Waals surface area contributed by atoms with Gasteiger partial charge in [0.15, 0.2) is 0 Å². The quantitative estimate of drug-likeness (QED) is 0.919. The van der Waals surface area contributed by atoms with Crippen molar-refractivity contribution in [2.75, 3.05) is 13.2 Å². The summed E-state index contributed by atoms with van der Waals surface area (Å²) in [5.41, 5.74) is 0.984. The van der Waals surface area contributed by atoms with E-state index in [4.69, 9.17) is 10.4 Å². The summed E-state index contributed by atoms with van der Waals surface area (Å²) >= 11 is 0. The van der Waals surface area contributed by atoms with Crippen LogP contribution in [0, 0.1) is 18.3 Å². The number of hydrogen-bond donors (Lipinski definition) is 1. The summed E-state index contributed by atoms with van der Waals surface area (Å²) in [5.74, 6) is 0. The second kappa shape index (κ2) is 6.56. The average Bonchev–Trinajstić information content (AvgIpc) is 2.48. The molecule has 1 aliphatic rings. The summed E-state index contributed by atoms with van der Waals surface area (Å²) in [6, 6.07) is 6.55. The van der Waals surface area contributed by atoms with E-state index in [2.05, 4.69) is 0 Å². The van der Waals surface area contributed by atoms with Gasteiger partial charge in [0.05, 0.1) is 16.5 Å². The monoisotopic (exact) mass is 308 g/mol. The highest BCUT2D eigenvalue weighted by Crippen LogP contribution is 2.29. The van der Waals surface area contributed by atoms with Crippen molar-refractivity contribution in [3.63, 3.8) is 0 Å². The highest BCUT2D eigenvalue weighted by Gasteiger charge is 2.34. The molecule has 6 heteroatoms. The lowest BCUT2D eigenvalue weighted by Crippen LogP contribution is -2.44. The number of piperidine rings is 1. The molecule has 1 saturated heterocycles. The molecule has 1 N–H and O–H groups in total. The molecule has 1 unspecified atom stereocenters. The molecule has 21 heavy (non-hydrogen) atoms. The summed E-state index contributed by atoms with van der Waals surface area (Å²) in [6.45, 7) is 2.19. The molecule has 1 fully saturated rings. The van der Waals surface area contributed by atoms with Crippen LogP contribution in [0.4, 0.5) is 0 Å². The lowest BCUT2D eigenvalue weighted by Gasteiger charge is -2.34. The lowest BCUT2D eigenvalue weighted by molar-refractivity contribution is 0.192. The SMILES string of the molecule is Cc1ccc(C#N)cc1S(=O)(=O)N1CCCCC1CCO. The Morgan fingerprint density at radius 1 is 1.43 bits per heavy atom. The van der Waals surface area contributed by atoms with Crippen molar-refractivity contribution < 1.29 is 13.5 Å². The molecule has 2 rings (SSSR count). The first kappa shape index (κ1) is 16.0. The smallest absolute Gasteiger partial charge is 0.243 e. The fourth-order valence-corrected chi connectivity index (χ4v) is 4.78. The largest absolute Gasteiger partial charge is 0.396 e. The van der Waals surface area contributed by atoms with Crippen LogP contribution in [0.5, 0.6) is 0 Å². The van der Waals surface area contributed by atoms with Crippen LogP contribution in [0.25, 0.3) is 0 Å². The van der Waals surface area contributed by atoms with Gasteiger partial charge in [0.25, 0.3) is 0 Å². The maximum Gasteiger partial charge on any atom is 0.243 e. The van der Waals surface area contributed by atoms with Crippen LogP contribution in [-0.4, -0.2) is 37.0 Å². The maximum atomic E-state index is 12.9. The molecular weight excluding hydrogens is 288 g/mol. The highest BCUT2D eigenvalue weighted by molar-refractivity contribution is 7.89. The van der Waals surface area contributed by atoms with Crippen molar-refractivity contribution in [1.82, 2.24) is 4.31 Å². The number of aliphatic hydroxyl groups excluding tert-OH is 1. The van der Waals surface area contributed by atoms with Gasteiger partial charge in [-0.15, -0.1) is 0 Å². The standard InChI is InChI=1S/C15H20N2O3S/c1-12-5-6-13(11-16)10-15(12)21(19,20)17-8-3-2-4-14(17)7-9-18/h5-6,10,14,18H,2-4,7-9H2,1H3. The fraction of sp³-hybridized carbons (Fsp3) is 0.533. The van der Waals surface area contributed by atoms with Crippen molar-refractivity contribution in [2.24, 2.45) is 0 Å². The number of hydrogen-bond acceptors (Lipinski definition) is 4. The first-order chi connectivity index (χ1) is 10.0. The van der Waals surface area contributed by atoms with E-state index in [9.17, 15) is 8.42 Å². The molecule has 114 valence electrons. The highest BCUT2D eigenvalue weighted by atomic mass is 32.2. The van der Waals surface area contributed by atoms with Crippen molar-refractivity contribution >= 4 is 10.0 Å². The van der Waals surface area contributed by atoms with Crippen LogP contribution >= 0.6 is 0 Å². The molecule has 1 aromatic carbocycles. The van der Waals surface area contributed by atoms with Crippen molar-refractivity contribution in [1.29, 1.82) is 5.26 Å². The van der Waals surface area contributed by atoms with Gasteiger partial charge in [-0.25, -0.2) is 8.42 Å². The molecule has 1 atom stereocenters. The molecule has 1 aromatic rings. The first-order valence-corrected chi connectivity index (χ1v) is 8.58. The number of rotatable bonds is 4. The molecule has 1 aliphatic heterocycles. The van der Waals surface area contributed by atoms with Gasteiger partial charge in [-0.1, -0.05) is 12.5 Å². The zero-order valence-corrected chi connectivity index (χ0v) is 12.9. The van der Waals surface area contributed by atoms with E-state index < -0.39 is 10.0 Å². The van der Waals surface area contributed by atoms with E-state index in [0.29, 0.717) is 24.1 Å². The molecular formula is C15H20N2O3S. The van der Waals surface area contributed by atoms with E-state index in [1.165, 1.54) is 10.4 Å². The molecule has 0 saturated carbocycles. The Labute approximate surface area is 125 Å². The minimum Gasteiger partial charge on any atom is -0.396 e. The molecule has 0 amide bonds. The van der Waals surface area contributed by atoms with E-state index in [0.717, 1.165) is 19.3 Å².